The Morgan fingerprint density at radius 3 is 2.67 bits per heavy atom. The van der Waals surface area contributed by atoms with Crippen molar-refractivity contribution in [3.05, 3.63) is 28.3 Å². The highest BCUT2D eigenvalue weighted by Gasteiger charge is 2.55. The smallest absolute Gasteiger partial charge is 0.308 e. The number of benzene rings is 1. The molecule has 24 heavy (non-hydrogen) atoms. The predicted octanol–water partition coefficient (Wildman–Crippen LogP) is 1.23. The first kappa shape index (κ1) is 16.7. The maximum atomic E-state index is 13.0. The van der Waals surface area contributed by atoms with Crippen molar-refractivity contribution in [1.29, 1.82) is 0 Å². The van der Waals surface area contributed by atoms with Crippen molar-refractivity contribution in [3.8, 4) is 5.75 Å². The molecule has 0 radical (unpaired) electrons. The number of hydrogen-bond donors (Lipinski definition) is 1. The molecule has 0 amide bonds. The van der Waals surface area contributed by atoms with E-state index < -0.39 is 49.5 Å². The van der Waals surface area contributed by atoms with Gasteiger partial charge in [-0.1, -0.05) is 0 Å². The Morgan fingerprint density at radius 1 is 1.42 bits per heavy atom. The minimum Gasteiger partial charge on any atom is -0.497 e. The zero-order chi connectivity index (χ0) is 17.6. The quantitative estimate of drug-likeness (QED) is 0.621. The molecule has 130 valence electrons. The van der Waals surface area contributed by atoms with Gasteiger partial charge in [-0.3, -0.25) is 14.9 Å². The number of nitrogens with zero attached hydrogens (tertiary/aromatic N) is 2. The van der Waals surface area contributed by atoms with Gasteiger partial charge in [-0.25, -0.2) is 8.42 Å². The molecular weight excluding hydrogens is 340 g/mol. The van der Waals surface area contributed by atoms with Gasteiger partial charge in [0.15, 0.2) is 4.90 Å². The molecule has 2 heterocycles. The lowest BCUT2D eigenvalue weighted by Gasteiger charge is -2.22. The van der Waals surface area contributed by atoms with Crippen LogP contribution >= 0.6 is 0 Å². The van der Waals surface area contributed by atoms with Crippen LogP contribution in [0, 0.1) is 16.0 Å². The van der Waals surface area contributed by atoms with Crippen molar-refractivity contribution in [3.63, 3.8) is 0 Å². The van der Waals surface area contributed by atoms with Gasteiger partial charge in [0.2, 0.25) is 10.0 Å². The molecule has 0 spiro atoms. The van der Waals surface area contributed by atoms with Gasteiger partial charge < -0.3 is 9.84 Å². The van der Waals surface area contributed by atoms with Crippen LogP contribution in [-0.4, -0.2) is 47.9 Å². The number of nitro groups is 1. The van der Waals surface area contributed by atoms with Crippen LogP contribution in [-0.2, 0) is 14.8 Å². The minimum atomic E-state index is -4.17. The van der Waals surface area contributed by atoms with Crippen LogP contribution in [0.4, 0.5) is 5.69 Å². The molecule has 3 rings (SSSR count). The van der Waals surface area contributed by atoms with Crippen molar-refractivity contribution < 1.29 is 28.0 Å². The lowest BCUT2D eigenvalue weighted by Crippen LogP contribution is -2.38. The van der Waals surface area contributed by atoms with E-state index in [9.17, 15) is 28.4 Å². The molecule has 0 aromatic heterocycles. The number of sulfonamides is 1. The Bertz CT molecular complexity index is 807. The zero-order valence-corrected chi connectivity index (χ0v) is 13.6. The number of ether oxygens (including phenoxy) is 1. The van der Waals surface area contributed by atoms with E-state index in [1.54, 1.807) is 0 Å². The number of carbonyl (C=O) groups is 1. The van der Waals surface area contributed by atoms with E-state index in [1.165, 1.54) is 13.2 Å². The number of fused-ring (bicyclic) bond motifs is 2. The second-order valence-electron chi connectivity index (χ2n) is 5.90. The van der Waals surface area contributed by atoms with Gasteiger partial charge in [0.1, 0.15) is 5.75 Å². The van der Waals surface area contributed by atoms with Crippen molar-refractivity contribution in [2.45, 2.75) is 36.2 Å². The van der Waals surface area contributed by atoms with E-state index in [2.05, 4.69) is 0 Å². The first-order valence-electron chi connectivity index (χ1n) is 7.36. The monoisotopic (exact) mass is 356 g/mol. The van der Waals surface area contributed by atoms with Crippen LogP contribution < -0.4 is 4.74 Å². The molecule has 1 aromatic carbocycles. The first-order chi connectivity index (χ1) is 11.3. The van der Waals surface area contributed by atoms with E-state index in [4.69, 9.17) is 4.74 Å². The van der Waals surface area contributed by atoms with E-state index >= 15 is 0 Å². The van der Waals surface area contributed by atoms with E-state index in [0.29, 0.717) is 12.8 Å². The van der Waals surface area contributed by atoms with Crippen molar-refractivity contribution in [1.82, 2.24) is 4.31 Å². The second-order valence-corrected chi connectivity index (χ2v) is 7.72. The largest absolute Gasteiger partial charge is 0.497 e. The molecule has 2 saturated heterocycles. The highest BCUT2D eigenvalue weighted by atomic mass is 32.2. The predicted molar refractivity (Wildman–Crippen MR) is 81.2 cm³/mol. The molecule has 2 aliphatic rings. The molecule has 2 fully saturated rings. The molecule has 2 bridgehead atoms. The Hall–Kier alpha value is -2.20. The summed E-state index contributed by atoms with van der Waals surface area (Å²) >= 11 is 0. The summed E-state index contributed by atoms with van der Waals surface area (Å²) in [6.07, 6.45) is 1.26. The van der Waals surface area contributed by atoms with Gasteiger partial charge in [0, 0.05) is 12.1 Å². The highest BCUT2D eigenvalue weighted by molar-refractivity contribution is 7.89. The van der Waals surface area contributed by atoms with Gasteiger partial charge in [0.25, 0.3) is 5.69 Å². The van der Waals surface area contributed by atoms with E-state index in [0.717, 1.165) is 16.4 Å². The van der Waals surface area contributed by atoms with Crippen LogP contribution in [0.15, 0.2) is 23.1 Å². The normalized spacial score (nSPS) is 26.5. The van der Waals surface area contributed by atoms with Gasteiger partial charge in [-0.05, 0) is 31.4 Å². The fourth-order valence-corrected chi connectivity index (χ4v) is 5.74. The van der Waals surface area contributed by atoms with Crippen LogP contribution in [0.3, 0.4) is 0 Å². The SMILES string of the molecule is COc1ccc(S(=O)(=O)N2C3CCC2C(C(=O)O)C3)c([N+](=O)[O-])c1. The van der Waals surface area contributed by atoms with Crippen LogP contribution in [0.2, 0.25) is 0 Å². The molecule has 0 aliphatic carbocycles. The van der Waals surface area contributed by atoms with Crippen molar-refractivity contribution >= 4 is 21.7 Å². The molecule has 1 N–H and O–H groups in total. The fraction of sp³-hybridized carbons (Fsp3) is 0.500. The molecule has 3 unspecified atom stereocenters. The fourth-order valence-electron chi connectivity index (χ4n) is 3.68. The summed E-state index contributed by atoms with van der Waals surface area (Å²) in [5, 5.41) is 20.5. The molecule has 10 heteroatoms. The summed E-state index contributed by atoms with van der Waals surface area (Å²) in [4.78, 5) is 21.4. The number of carboxylic acids is 1. The van der Waals surface area contributed by atoms with Gasteiger partial charge >= 0.3 is 5.97 Å². The van der Waals surface area contributed by atoms with Gasteiger partial charge in [-0.2, -0.15) is 4.31 Å². The number of methoxy groups -OCH3 is 1. The summed E-state index contributed by atoms with van der Waals surface area (Å²) in [7, 11) is -2.84. The average Bonchev–Trinajstić information content (AvgIpc) is 3.12. The lowest BCUT2D eigenvalue weighted by molar-refractivity contribution is -0.387. The third-order valence-electron chi connectivity index (χ3n) is 4.71. The Morgan fingerprint density at radius 2 is 2.12 bits per heavy atom. The van der Waals surface area contributed by atoms with Gasteiger partial charge in [-0.15, -0.1) is 0 Å². The minimum absolute atomic E-state index is 0.174. The molecular formula is C14H16N2O7S. The number of rotatable bonds is 5. The number of hydrogen-bond acceptors (Lipinski definition) is 6. The molecule has 2 aliphatic heterocycles. The summed E-state index contributed by atoms with van der Waals surface area (Å²) in [5.74, 6) is -1.63. The van der Waals surface area contributed by atoms with Crippen molar-refractivity contribution in [2.75, 3.05) is 7.11 Å². The average molecular weight is 356 g/mol. The summed E-state index contributed by atoms with van der Waals surface area (Å²) in [5.41, 5.74) is -0.576. The summed E-state index contributed by atoms with van der Waals surface area (Å²) in [6, 6.07) is 2.45. The first-order valence-corrected chi connectivity index (χ1v) is 8.80. The molecule has 3 atom stereocenters. The number of nitro benzene ring substituents is 1. The molecule has 9 nitrogen and oxygen atoms in total. The summed E-state index contributed by atoms with van der Waals surface area (Å²) in [6.45, 7) is 0. The number of aliphatic carboxylic acids is 1. The summed E-state index contributed by atoms with van der Waals surface area (Å²) < 4.78 is 32.0. The maximum absolute atomic E-state index is 13.0. The third kappa shape index (κ3) is 2.42. The van der Waals surface area contributed by atoms with Gasteiger partial charge in [0.05, 0.1) is 24.0 Å². The van der Waals surface area contributed by atoms with Crippen LogP contribution in [0.1, 0.15) is 19.3 Å². The maximum Gasteiger partial charge on any atom is 0.308 e. The van der Waals surface area contributed by atoms with E-state index in [-0.39, 0.29) is 12.2 Å². The second kappa shape index (κ2) is 5.71. The number of carboxylic acid groups (broad SMARTS) is 1. The standard InChI is InChI=1S/C14H16N2O7S/c1-23-9-3-5-13(12(7-9)16(19)20)24(21,22)15-8-2-4-11(15)10(6-8)14(17)18/h3,5,7-8,10-11H,2,4,6H2,1H3,(H,17,18). The van der Waals surface area contributed by atoms with Crippen molar-refractivity contribution in [2.24, 2.45) is 5.92 Å². The third-order valence-corrected chi connectivity index (χ3v) is 6.73. The van der Waals surface area contributed by atoms with Crippen LogP contribution in [0.5, 0.6) is 5.75 Å². The Kier molecular flexibility index (Phi) is 3.96. The zero-order valence-electron chi connectivity index (χ0n) is 12.8. The Labute approximate surface area is 138 Å². The molecule has 1 aromatic rings. The Balaban J connectivity index is 2.06. The van der Waals surface area contributed by atoms with E-state index in [1.807, 2.05) is 0 Å². The lowest BCUT2D eigenvalue weighted by atomic mass is 9.89. The highest BCUT2D eigenvalue weighted by Crippen LogP contribution is 2.46. The van der Waals surface area contributed by atoms with Crippen LogP contribution in [0.25, 0.3) is 0 Å². The molecule has 0 saturated carbocycles. The topological polar surface area (TPSA) is 127 Å².